The first-order chi connectivity index (χ1) is 14.0. The van der Waals surface area contributed by atoms with E-state index in [0.29, 0.717) is 6.54 Å². The molecule has 0 aliphatic heterocycles. The standard InChI is InChI=1S/C23H26FN3OS/c1-4-16-8-10-17(11-9-16)23-26-20(15-29-23)13-22(28)25-14-21(27(2)3)18-6-5-7-19(24)12-18/h5-12,15,21H,4,13-14H2,1-3H3,(H,25,28). The molecule has 0 aliphatic carbocycles. The van der Waals surface area contributed by atoms with E-state index >= 15 is 0 Å². The number of carbonyl (C=O) groups excluding carboxylic acids is 1. The normalized spacial score (nSPS) is 12.2. The quantitative estimate of drug-likeness (QED) is 0.595. The summed E-state index contributed by atoms with van der Waals surface area (Å²) in [6.07, 6.45) is 1.24. The monoisotopic (exact) mass is 411 g/mol. The lowest BCUT2D eigenvalue weighted by atomic mass is 10.1. The highest BCUT2D eigenvalue weighted by Gasteiger charge is 2.16. The SMILES string of the molecule is CCc1ccc(-c2nc(CC(=O)NCC(c3cccc(F)c3)N(C)C)cs2)cc1. The van der Waals surface area contributed by atoms with Crippen molar-refractivity contribution in [3.05, 3.63) is 76.5 Å². The molecule has 1 unspecified atom stereocenters. The Balaban J connectivity index is 1.59. The Bertz CT molecular complexity index is 953. The molecule has 1 N–H and O–H groups in total. The molecule has 2 aromatic carbocycles. The molecule has 0 aliphatic rings. The molecule has 0 spiro atoms. The van der Waals surface area contributed by atoms with Gasteiger partial charge in [0.15, 0.2) is 0 Å². The van der Waals surface area contributed by atoms with Crippen molar-refractivity contribution in [1.29, 1.82) is 0 Å². The van der Waals surface area contributed by atoms with Gasteiger partial charge in [-0.2, -0.15) is 0 Å². The van der Waals surface area contributed by atoms with Crippen LogP contribution in [0.25, 0.3) is 10.6 Å². The molecular weight excluding hydrogens is 385 g/mol. The van der Waals surface area contributed by atoms with Crippen molar-refractivity contribution in [2.24, 2.45) is 0 Å². The summed E-state index contributed by atoms with van der Waals surface area (Å²) in [5.74, 6) is -0.367. The second-order valence-corrected chi connectivity index (χ2v) is 8.07. The molecule has 3 rings (SSSR count). The molecule has 0 fully saturated rings. The molecule has 1 amide bonds. The summed E-state index contributed by atoms with van der Waals surface area (Å²) in [4.78, 5) is 19.0. The maximum Gasteiger partial charge on any atom is 0.226 e. The van der Waals surface area contributed by atoms with Gasteiger partial charge in [0.25, 0.3) is 0 Å². The third kappa shape index (κ3) is 5.71. The summed E-state index contributed by atoms with van der Waals surface area (Å²) < 4.78 is 13.5. The van der Waals surface area contributed by atoms with E-state index in [4.69, 9.17) is 0 Å². The third-order valence-corrected chi connectivity index (χ3v) is 5.79. The lowest BCUT2D eigenvalue weighted by Gasteiger charge is -2.25. The minimum absolute atomic E-state index is 0.0913. The minimum atomic E-state index is -0.275. The number of rotatable bonds is 8. The van der Waals surface area contributed by atoms with Crippen molar-refractivity contribution in [3.63, 3.8) is 0 Å². The molecule has 0 radical (unpaired) electrons. The van der Waals surface area contributed by atoms with Crippen LogP contribution >= 0.6 is 11.3 Å². The smallest absolute Gasteiger partial charge is 0.226 e. The van der Waals surface area contributed by atoms with E-state index in [2.05, 4.69) is 41.5 Å². The number of nitrogens with one attached hydrogen (secondary N) is 1. The number of aromatic nitrogens is 1. The summed E-state index contributed by atoms with van der Waals surface area (Å²) in [5, 5.41) is 5.80. The lowest BCUT2D eigenvalue weighted by Crippen LogP contribution is -2.35. The van der Waals surface area contributed by atoms with Gasteiger partial charge in [-0.15, -0.1) is 11.3 Å². The molecule has 3 aromatic rings. The first kappa shape index (κ1) is 21.1. The fraction of sp³-hybridized carbons (Fsp3) is 0.304. The van der Waals surface area contributed by atoms with E-state index in [1.54, 1.807) is 17.4 Å². The van der Waals surface area contributed by atoms with Crippen LogP contribution in [0.3, 0.4) is 0 Å². The average Bonchev–Trinajstić information content (AvgIpc) is 3.16. The Morgan fingerprint density at radius 3 is 2.62 bits per heavy atom. The highest BCUT2D eigenvalue weighted by atomic mass is 32.1. The zero-order chi connectivity index (χ0) is 20.8. The summed E-state index contributed by atoms with van der Waals surface area (Å²) in [5.41, 5.74) is 3.95. The van der Waals surface area contributed by atoms with Crippen LogP contribution in [-0.4, -0.2) is 36.4 Å². The van der Waals surface area contributed by atoms with Crippen molar-refractivity contribution in [2.75, 3.05) is 20.6 Å². The zero-order valence-corrected chi connectivity index (χ0v) is 17.8. The second kappa shape index (κ2) is 9.76. The molecule has 4 nitrogen and oxygen atoms in total. The Hall–Kier alpha value is -2.57. The lowest BCUT2D eigenvalue weighted by molar-refractivity contribution is -0.120. The number of thiazole rings is 1. The number of likely N-dealkylation sites (N-methyl/N-ethyl adjacent to an activating group) is 1. The van der Waals surface area contributed by atoms with Crippen molar-refractivity contribution >= 4 is 17.2 Å². The first-order valence-electron chi connectivity index (χ1n) is 9.68. The van der Waals surface area contributed by atoms with E-state index in [0.717, 1.165) is 28.2 Å². The van der Waals surface area contributed by atoms with Crippen LogP contribution in [0.15, 0.2) is 53.9 Å². The highest BCUT2D eigenvalue weighted by Crippen LogP contribution is 2.24. The molecule has 0 saturated carbocycles. The van der Waals surface area contributed by atoms with Crippen LogP contribution in [0.1, 0.15) is 29.8 Å². The van der Waals surface area contributed by atoms with Crippen LogP contribution in [-0.2, 0) is 17.6 Å². The summed E-state index contributed by atoms with van der Waals surface area (Å²) in [6.45, 7) is 2.54. The predicted octanol–water partition coefficient (Wildman–Crippen LogP) is 4.47. The minimum Gasteiger partial charge on any atom is -0.354 e. The zero-order valence-electron chi connectivity index (χ0n) is 17.0. The van der Waals surface area contributed by atoms with E-state index in [-0.39, 0.29) is 24.2 Å². The fourth-order valence-corrected chi connectivity index (χ4v) is 3.98. The van der Waals surface area contributed by atoms with Crippen molar-refractivity contribution in [2.45, 2.75) is 25.8 Å². The molecule has 0 bridgehead atoms. The summed E-state index contributed by atoms with van der Waals surface area (Å²) in [6, 6.07) is 14.7. The van der Waals surface area contributed by atoms with Crippen molar-refractivity contribution in [1.82, 2.24) is 15.2 Å². The molecular formula is C23H26FN3OS. The maximum absolute atomic E-state index is 13.5. The van der Waals surface area contributed by atoms with Gasteiger partial charge in [0.05, 0.1) is 18.2 Å². The summed E-state index contributed by atoms with van der Waals surface area (Å²) in [7, 11) is 3.83. The number of amides is 1. The molecule has 6 heteroatoms. The fourth-order valence-electron chi connectivity index (χ4n) is 3.15. The Kier molecular flexibility index (Phi) is 7.12. The number of nitrogens with zero attached hydrogens (tertiary/aromatic N) is 2. The number of benzene rings is 2. The van der Waals surface area contributed by atoms with Crippen LogP contribution in [0.4, 0.5) is 4.39 Å². The van der Waals surface area contributed by atoms with Crippen LogP contribution in [0, 0.1) is 5.82 Å². The Morgan fingerprint density at radius 1 is 1.21 bits per heavy atom. The summed E-state index contributed by atoms with van der Waals surface area (Å²) >= 11 is 1.54. The van der Waals surface area contributed by atoms with Crippen LogP contribution in [0.2, 0.25) is 0 Å². The first-order valence-corrected chi connectivity index (χ1v) is 10.6. The predicted molar refractivity (Wildman–Crippen MR) is 116 cm³/mol. The van der Waals surface area contributed by atoms with E-state index in [1.165, 1.54) is 17.7 Å². The highest BCUT2D eigenvalue weighted by molar-refractivity contribution is 7.13. The van der Waals surface area contributed by atoms with Gasteiger partial charge in [-0.25, -0.2) is 9.37 Å². The number of carbonyl (C=O) groups is 1. The molecule has 0 saturated heterocycles. The van der Waals surface area contributed by atoms with Crippen molar-refractivity contribution < 1.29 is 9.18 Å². The maximum atomic E-state index is 13.5. The van der Waals surface area contributed by atoms with E-state index < -0.39 is 0 Å². The van der Waals surface area contributed by atoms with Crippen LogP contribution < -0.4 is 5.32 Å². The number of halogens is 1. The largest absolute Gasteiger partial charge is 0.354 e. The van der Waals surface area contributed by atoms with Gasteiger partial charge in [-0.3, -0.25) is 4.79 Å². The van der Waals surface area contributed by atoms with Crippen LogP contribution in [0.5, 0.6) is 0 Å². The Morgan fingerprint density at radius 2 is 1.97 bits per heavy atom. The van der Waals surface area contributed by atoms with Gasteiger partial charge in [0.2, 0.25) is 5.91 Å². The van der Waals surface area contributed by atoms with Gasteiger partial charge < -0.3 is 10.2 Å². The third-order valence-electron chi connectivity index (χ3n) is 4.85. The van der Waals surface area contributed by atoms with Gasteiger partial charge in [0, 0.05) is 17.5 Å². The van der Waals surface area contributed by atoms with Gasteiger partial charge in [-0.05, 0) is 43.8 Å². The molecule has 1 aromatic heterocycles. The molecule has 152 valence electrons. The topological polar surface area (TPSA) is 45.2 Å². The Labute approximate surface area is 175 Å². The number of hydrogen-bond acceptors (Lipinski definition) is 4. The second-order valence-electron chi connectivity index (χ2n) is 7.21. The average molecular weight is 412 g/mol. The van der Waals surface area contributed by atoms with E-state index in [1.807, 2.05) is 30.4 Å². The molecule has 1 atom stereocenters. The molecule has 1 heterocycles. The van der Waals surface area contributed by atoms with Gasteiger partial charge in [-0.1, -0.05) is 43.3 Å². The number of aryl methyl sites for hydroxylation is 1. The number of hydrogen-bond donors (Lipinski definition) is 1. The van der Waals surface area contributed by atoms with Crippen molar-refractivity contribution in [3.8, 4) is 10.6 Å². The van der Waals surface area contributed by atoms with E-state index in [9.17, 15) is 9.18 Å². The van der Waals surface area contributed by atoms with Gasteiger partial charge >= 0.3 is 0 Å². The van der Waals surface area contributed by atoms with Gasteiger partial charge in [0.1, 0.15) is 10.8 Å². The molecule has 29 heavy (non-hydrogen) atoms.